The average molecular weight is 637 g/mol. The fourth-order valence-electron chi connectivity index (χ4n) is 6.98. The summed E-state index contributed by atoms with van der Waals surface area (Å²) >= 11 is 0. The van der Waals surface area contributed by atoms with Gasteiger partial charge in [-0.3, -0.25) is 0 Å². The maximum absolute atomic E-state index is 10.6. The third kappa shape index (κ3) is 6.82. The van der Waals surface area contributed by atoms with Crippen molar-refractivity contribution in [3.8, 4) is 11.5 Å². The summed E-state index contributed by atoms with van der Waals surface area (Å²) in [6.07, 6.45) is 1.48. The molecule has 1 N–H and O–H groups in total. The molecular formula is C40H44O7. The molecule has 7 nitrogen and oxygen atoms in total. The van der Waals surface area contributed by atoms with Crippen molar-refractivity contribution in [2.45, 2.75) is 69.4 Å². The van der Waals surface area contributed by atoms with Crippen molar-refractivity contribution < 1.29 is 33.5 Å². The molecule has 5 atom stereocenters. The Morgan fingerprint density at radius 2 is 1.45 bits per heavy atom. The van der Waals surface area contributed by atoms with Crippen LogP contribution in [0.15, 0.2) is 97.1 Å². The predicted molar refractivity (Wildman–Crippen MR) is 179 cm³/mol. The van der Waals surface area contributed by atoms with Gasteiger partial charge >= 0.3 is 0 Å². The second-order valence-corrected chi connectivity index (χ2v) is 12.9. The average Bonchev–Trinajstić information content (AvgIpc) is 3.97. The van der Waals surface area contributed by atoms with Gasteiger partial charge in [0.25, 0.3) is 0 Å². The highest BCUT2D eigenvalue weighted by atomic mass is 16.7. The maximum Gasteiger partial charge on any atom is 0.224 e. The third-order valence-corrected chi connectivity index (χ3v) is 9.71. The summed E-state index contributed by atoms with van der Waals surface area (Å²) in [4.78, 5) is 0. The lowest BCUT2D eigenvalue weighted by Crippen LogP contribution is -2.62. The molecule has 7 heteroatoms. The molecule has 47 heavy (non-hydrogen) atoms. The molecule has 246 valence electrons. The van der Waals surface area contributed by atoms with Crippen LogP contribution in [0.4, 0.5) is 0 Å². The molecule has 4 aromatic rings. The minimum atomic E-state index is -1.33. The third-order valence-electron chi connectivity index (χ3n) is 9.71. The first-order chi connectivity index (χ1) is 23.1. The van der Waals surface area contributed by atoms with E-state index in [4.69, 9.17) is 28.4 Å². The lowest BCUT2D eigenvalue weighted by Gasteiger charge is -2.51. The Kier molecular flexibility index (Phi) is 9.61. The fraction of sp³-hybridized carbons (Fsp3) is 0.400. The van der Waals surface area contributed by atoms with E-state index in [9.17, 15) is 5.11 Å². The minimum absolute atomic E-state index is 0.171. The quantitative estimate of drug-likeness (QED) is 0.181. The van der Waals surface area contributed by atoms with Crippen molar-refractivity contribution in [2.75, 3.05) is 26.9 Å². The van der Waals surface area contributed by atoms with Gasteiger partial charge in [0, 0.05) is 18.6 Å². The first kappa shape index (κ1) is 31.9. The number of hydrogen-bond donors (Lipinski definition) is 1. The second-order valence-electron chi connectivity index (χ2n) is 12.9. The van der Waals surface area contributed by atoms with Crippen molar-refractivity contribution in [1.29, 1.82) is 0 Å². The molecule has 4 aromatic carbocycles. The normalized spacial score (nSPS) is 25.4. The Morgan fingerprint density at radius 3 is 2.11 bits per heavy atom. The number of benzene rings is 4. The Hall–Kier alpha value is -3.72. The van der Waals surface area contributed by atoms with Gasteiger partial charge in [-0.1, -0.05) is 85.8 Å². The van der Waals surface area contributed by atoms with Crippen LogP contribution in [0.2, 0.25) is 0 Å². The molecule has 2 aliphatic heterocycles. The molecule has 1 saturated heterocycles. The summed E-state index contributed by atoms with van der Waals surface area (Å²) in [5.41, 5.74) is 6.65. The Labute approximate surface area is 277 Å². The minimum Gasteiger partial charge on any atom is -0.486 e. The number of rotatable bonds is 12. The van der Waals surface area contributed by atoms with E-state index >= 15 is 0 Å². The Balaban J connectivity index is 1.27. The van der Waals surface area contributed by atoms with Crippen LogP contribution >= 0.6 is 0 Å². The van der Waals surface area contributed by atoms with Crippen LogP contribution in [-0.4, -0.2) is 50.3 Å². The van der Waals surface area contributed by atoms with Gasteiger partial charge in [-0.2, -0.15) is 0 Å². The van der Waals surface area contributed by atoms with E-state index in [2.05, 4.69) is 49.4 Å². The van der Waals surface area contributed by atoms with Gasteiger partial charge in [-0.25, -0.2) is 0 Å². The number of hydrogen-bond acceptors (Lipinski definition) is 7. The number of fused-ring (bicyclic) bond motifs is 1. The van der Waals surface area contributed by atoms with Gasteiger partial charge in [0.1, 0.15) is 19.3 Å². The van der Waals surface area contributed by atoms with Crippen LogP contribution in [-0.2, 0) is 44.4 Å². The molecule has 1 unspecified atom stereocenters. The maximum atomic E-state index is 10.6. The molecule has 0 aromatic heterocycles. The Morgan fingerprint density at radius 1 is 0.766 bits per heavy atom. The van der Waals surface area contributed by atoms with Crippen molar-refractivity contribution in [1.82, 2.24) is 0 Å². The van der Waals surface area contributed by atoms with Crippen molar-refractivity contribution in [2.24, 2.45) is 5.92 Å². The highest BCUT2D eigenvalue weighted by molar-refractivity contribution is 5.47. The number of aliphatic hydroxyl groups is 1. The summed E-state index contributed by atoms with van der Waals surface area (Å²) in [6.45, 7) is 3.75. The summed E-state index contributed by atoms with van der Waals surface area (Å²) < 4.78 is 38.5. The van der Waals surface area contributed by atoms with Crippen LogP contribution in [0, 0.1) is 5.92 Å². The predicted octanol–water partition coefficient (Wildman–Crippen LogP) is 6.92. The van der Waals surface area contributed by atoms with Crippen molar-refractivity contribution >= 4 is 0 Å². The van der Waals surface area contributed by atoms with E-state index in [-0.39, 0.29) is 12.5 Å². The molecule has 0 spiro atoms. The monoisotopic (exact) mass is 636 g/mol. The zero-order valence-corrected chi connectivity index (χ0v) is 27.2. The van der Waals surface area contributed by atoms with E-state index in [1.807, 2.05) is 54.6 Å². The first-order valence-electron chi connectivity index (χ1n) is 16.7. The van der Waals surface area contributed by atoms with Gasteiger partial charge in [0.05, 0.1) is 32.0 Å². The van der Waals surface area contributed by atoms with E-state index in [0.29, 0.717) is 32.3 Å². The summed E-state index contributed by atoms with van der Waals surface area (Å²) in [6, 6.07) is 33.0. The highest BCUT2D eigenvalue weighted by Crippen LogP contribution is 2.48. The van der Waals surface area contributed by atoms with Crippen molar-refractivity contribution in [3.05, 3.63) is 130 Å². The molecule has 0 amide bonds. The fourth-order valence-corrected chi connectivity index (χ4v) is 6.98. The molecule has 2 fully saturated rings. The number of aliphatic hydroxyl groups excluding tert-OH is 1. The van der Waals surface area contributed by atoms with Crippen molar-refractivity contribution in [3.63, 3.8) is 0 Å². The van der Waals surface area contributed by atoms with Gasteiger partial charge in [0.15, 0.2) is 11.5 Å². The van der Waals surface area contributed by atoms with E-state index in [1.165, 1.54) is 24.0 Å². The van der Waals surface area contributed by atoms with Crippen LogP contribution < -0.4 is 9.47 Å². The van der Waals surface area contributed by atoms with Gasteiger partial charge in [-0.05, 0) is 71.2 Å². The zero-order chi connectivity index (χ0) is 32.2. The van der Waals surface area contributed by atoms with E-state index < -0.39 is 24.1 Å². The topological polar surface area (TPSA) is 75.6 Å². The van der Waals surface area contributed by atoms with E-state index in [0.717, 1.165) is 40.2 Å². The van der Waals surface area contributed by atoms with Gasteiger partial charge in [0.2, 0.25) is 5.79 Å². The molecule has 2 heterocycles. The summed E-state index contributed by atoms with van der Waals surface area (Å²) in [5.74, 6) is 0.610. The molecule has 7 rings (SSSR count). The SMILES string of the molecule is COC1(c2ccc(C3CC3)c(Cc3ccc4c(c3)OCCO4)c2)O[C@H](CO)[C@@H](C)[C@H](OCc2ccccc2)[C@H]1OCc1ccccc1. The highest BCUT2D eigenvalue weighted by Gasteiger charge is 2.56. The van der Waals surface area contributed by atoms with E-state index in [1.54, 1.807) is 7.11 Å². The van der Waals surface area contributed by atoms with Crippen LogP contribution in [0.5, 0.6) is 11.5 Å². The van der Waals surface area contributed by atoms with Gasteiger partial charge < -0.3 is 33.5 Å². The van der Waals surface area contributed by atoms with Crippen LogP contribution in [0.25, 0.3) is 0 Å². The lowest BCUT2D eigenvalue weighted by atomic mass is 9.81. The largest absolute Gasteiger partial charge is 0.486 e. The zero-order valence-electron chi connectivity index (χ0n) is 27.2. The molecule has 3 aliphatic rings. The summed E-state index contributed by atoms with van der Waals surface area (Å²) in [7, 11) is 1.66. The Bertz CT molecular complexity index is 1620. The smallest absolute Gasteiger partial charge is 0.224 e. The van der Waals surface area contributed by atoms with Crippen LogP contribution in [0.1, 0.15) is 59.1 Å². The van der Waals surface area contributed by atoms with Crippen LogP contribution in [0.3, 0.4) is 0 Å². The lowest BCUT2D eigenvalue weighted by molar-refractivity contribution is -0.372. The molecule has 1 aliphatic carbocycles. The number of methoxy groups -OCH3 is 1. The summed E-state index contributed by atoms with van der Waals surface area (Å²) in [5, 5.41) is 10.6. The van der Waals surface area contributed by atoms with Gasteiger partial charge in [-0.15, -0.1) is 0 Å². The molecule has 0 bridgehead atoms. The standard InChI is InChI=1S/C40H44O7/c1-27-37(24-41)47-40(42-2,39(46-26-29-11-7-4-8-12-29)38(27)45-25-28-9-5-3-6-10-28)33-16-17-34(31-14-15-31)32(23-33)21-30-13-18-35-36(22-30)44-20-19-43-35/h3-13,16-18,22-23,27,31,37-39,41H,14-15,19-21,24-26H2,1-2H3/t27-,37-,38+,39-,40?/m1/s1. The second kappa shape index (κ2) is 14.2. The molecule has 1 saturated carbocycles. The molecular weight excluding hydrogens is 592 g/mol. The first-order valence-corrected chi connectivity index (χ1v) is 16.7. The number of ether oxygens (including phenoxy) is 6. The molecule has 0 radical (unpaired) electrons.